The summed E-state index contributed by atoms with van der Waals surface area (Å²) in [5, 5.41) is 11.3. The quantitative estimate of drug-likeness (QED) is 0.308. The minimum atomic E-state index is -0.952. The average molecular weight is 475 g/mol. The number of aliphatic hydroxyl groups is 1. The molecule has 0 aromatic heterocycles. The van der Waals surface area contributed by atoms with E-state index in [9.17, 15) is 14.7 Å². The van der Waals surface area contributed by atoms with Gasteiger partial charge in [0.1, 0.15) is 28.8 Å². The Morgan fingerprint density at radius 2 is 1.29 bits per heavy atom. The molecule has 4 rings (SSSR count). The van der Waals surface area contributed by atoms with Gasteiger partial charge in [0, 0.05) is 22.9 Å². The second-order valence-corrected chi connectivity index (χ2v) is 7.70. The van der Waals surface area contributed by atoms with Crippen molar-refractivity contribution in [3.05, 3.63) is 83.4 Å². The highest BCUT2D eigenvalue weighted by molar-refractivity contribution is 6.51. The van der Waals surface area contributed by atoms with Gasteiger partial charge in [-0.25, -0.2) is 0 Å². The fraction of sp³-hybridized carbons (Fsp3) is 0.185. The molecule has 3 aromatic rings. The number of Topliss-reactive ketones (excluding diaryl/α,β-unsaturated/α-hetero) is 1. The summed E-state index contributed by atoms with van der Waals surface area (Å²) < 4.78 is 21.3. The first-order valence-electron chi connectivity index (χ1n) is 10.7. The number of amides is 1. The summed E-state index contributed by atoms with van der Waals surface area (Å²) in [7, 11) is 6.09. The summed E-state index contributed by atoms with van der Waals surface area (Å²) in [6.07, 6.45) is 0. The Morgan fingerprint density at radius 1 is 0.743 bits per heavy atom. The van der Waals surface area contributed by atoms with E-state index in [0.717, 1.165) is 0 Å². The number of aliphatic hydroxyl groups excluding tert-OH is 1. The topological polar surface area (TPSA) is 94.5 Å². The molecule has 1 N–H and O–H groups in total. The molecule has 0 radical (unpaired) electrons. The Hall–Kier alpha value is -4.46. The number of nitrogens with zero attached hydrogens (tertiary/aromatic N) is 1. The van der Waals surface area contributed by atoms with Crippen LogP contribution in [0.1, 0.15) is 17.2 Å². The predicted molar refractivity (Wildman–Crippen MR) is 130 cm³/mol. The maximum atomic E-state index is 13.3. The molecule has 8 nitrogen and oxygen atoms in total. The van der Waals surface area contributed by atoms with Crippen molar-refractivity contribution in [3.8, 4) is 23.0 Å². The molecule has 1 aliphatic rings. The lowest BCUT2D eigenvalue weighted by atomic mass is 9.94. The first-order valence-corrected chi connectivity index (χ1v) is 10.7. The van der Waals surface area contributed by atoms with Gasteiger partial charge in [-0.3, -0.25) is 14.5 Å². The highest BCUT2D eigenvalue weighted by Crippen LogP contribution is 2.46. The summed E-state index contributed by atoms with van der Waals surface area (Å²) in [6, 6.07) is 17.5. The van der Waals surface area contributed by atoms with E-state index in [1.807, 2.05) is 0 Å². The molecule has 3 aromatic carbocycles. The number of carbonyl (C=O) groups is 2. The monoisotopic (exact) mass is 475 g/mol. The Morgan fingerprint density at radius 3 is 1.83 bits per heavy atom. The molecular formula is C27H25NO7. The SMILES string of the molecule is COc1ccc(/C(O)=C2\C(=O)C(=O)N(c3ccc(OC)cc3)C2c2ccc(OC)cc2OC)cc1. The van der Waals surface area contributed by atoms with Crippen LogP contribution in [-0.4, -0.2) is 45.2 Å². The van der Waals surface area contributed by atoms with Crippen molar-refractivity contribution in [1.82, 2.24) is 0 Å². The summed E-state index contributed by atoms with van der Waals surface area (Å²) in [5.74, 6) is 0.253. The van der Waals surface area contributed by atoms with Crippen LogP contribution in [0.25, 0.3) is 5.76 Å². The standard InChI is InChI=1S/C27H25NO7/c1-32-18-9-5-16(6-10-18)25(29)23-24(21-14-13-20(34-3)15-22(21)35-4)28(27(31)26(23)30)17-7-11-19(33-2)12-8-17/h5-15,24,29H,1-4H3/b25-23+. The van der Waals surface area contributed by atoms with Crippen LogP contribution < -0.4 is 23.8 Å². The van der Waals surface area contributed by atoms with Gasteiger partial charge >= 0.3 is 0 Å². The third-order valence-electron chi connectivity index (χ3n) is 5.89. The van der Waals surface area contributed by atoms with Crippen molar-refractivity contribution in [1.29, 1.82) is 0 Å². The average Bonchev–Trinajstić information content (AvgIpc) is 3.17. The lowest BCUT2D eigenvalue weighted by Crippen LogP contribution is -2.29. The largest absolute Gasteiger partial charge is 0.507 e. The van der Waals surface area contributed by atoms with Crippen molar-refractivity contribution in [2.45, 2.75) is 6.04 Å². The van der Waals surface area contributed by atoms with Crippen LogP contribution in [0, 0.1) is 0 Å². The van der Waals surface area contributed by atoms with Crippen molar-refractivity contribution in [2.24, 2.45) is 0 Å². The van der Waals surface area contributed by atoms with Crippen molar-refractivity contribution >= 4 is 23.1 Å². The van der Waals surface area contributed by atoms with E-state index in [0.29, 0.717) is 39.8 Å². The number of rotatable bonds is 7. The fourth-order valence-electron chi connectivity index (χ4n) is 4.08. The Kier molecular flexibility index (Phi) is 6.64. The molecule has 1 fully saturated rings. The minimum Gasteiger partial charge on any atom is -0.507 e. The van der Waals surface area contributed by atoms with Crippen LogP contribution in [0.2, 0.25) is 0 Å². The lowest BCUT2D eigenvalue weighted by molar-refractivity contribution is -0.132. The molecular weight excluding hydrogens is 450 g/mol. The zero-order valence-corrected chi connectivity index (χ0v) is 19.8. The molecule has 180 valence electrons. The van der Waals surface area contributed by atoms with Gasteiger partial charge in [-0.1, -0.05) is 0 Å². The Balaban J connectivity index is 1.95. The smallest absolute Gasteiger partial charge is 0.300 e. The first kappa shape index (κ1) is 23.7. The number of benzene rings is 3. The van der Waals surface area contributed by atoms with Gasteiger partial charge in [-0.2, -0.15) is 0 Å². The number of ketones is 1. The van der Waals surface area contributed by atoms with E-state index in [2.05, 4.69) is 0 Å². The summed E-state index contributed by atoms with van der Waals surface area (Å²) >= 11 is 0. The van der Waals surface area contributed by atoms with E-state index < -0.39 is 17.7 Å². The molecule has 0 aliphatic carbocycles. The normalized spacial score (nSPS) is 16.8. The van der Waals surface area contributed by atoms with Gasteiger partial charge in [0.15, 0.2) is 0 Å². The molecule has 1 heterocycles. The van der Waals surface area contributed by atoms with E-state index in [1.54, 1.807) is 66.7 Å². The highest BCUT2D eigenvalue weighted by Gasteiger charge is 2.48. The molecule has 8 heteroatoms. The van der Waals surface area contributed by atoms with Crippen LogP contribution in [0.4, 0.5) is 5.69 Å². The number of ether oxygens (including phenoxy) is 4. The van der Waals surface area contributed by atoms with Crippen LogP contribution in [0.3, 0.4) is 0 Å². The zero-order chi connectivity index (χ0) is 25.1. The molecule has 0 bridgehead atoms. The van der Waals surface area contributed by atoms with E-state index in [-0.39, 0.29) is 11.3 Å². The maximum absolute atomic E-state index is 13.3. The van der Waals surface area contributed by atoms with Crippen molar-refractivity contribution < 1.29 is 33.6 Å². The minimum absolute atomic E-state index is 0.0561. The third kappa shape index (κ3) is 4.26. The lowest BCUT2D eigenvalue weighted by Gasteiger charge is -2.27. The van der Waals surface area contributed by atoms with Gasteiger partial charge < -0.3 is 24.1 Å². The third-order valence-corrected chi connectivity index (χ3v) is 5.89. The molecule has 35 heavy (non-hydrogen) atoms. The number of hydrogen-bond acceptors (Lipinski definition) is 7. The van der Waals surface area contributed by atoms with Gasteiger partial charge in [-0.05, 0) is 60.7 Å². The van der Waals surface area contributed by atoms with Gasteiger partial charge in [0.2, 0.25) is 0 Å². The van der Waals surface area contributed by atoms with Crippen LogP contribution in [0.15, 0.2) is 72.3 Å². The van der Waals surface area contributed by atoms with E-state index in [4.69, 9.17) is 18.9 Å². The summed E-state index contributed by atoms with van der Waals surface area (Å²) in [6.45, 7) is 0. The number of methoxy groups -OCH3 is 4. The van der Waals surface area contributed by atoms with Crippen LogP contribution in [-0.2, 0) is 9.59 Å². The highest BCUT2D eigenvalue weighted by atomic mass is 16.5. The predicted octanol–water partition coefficient (Wildman–Crippen LogP) is 4.35. The molecule has 1 amide bonds. The molecule has 1 saturated heterocycles. The Labute approximate surface area is 202 Å². The second-order valence-electron chi connectivity index (χ2n) is 7.70. The number of anilines is 1. The van der Waals surface area contributed by atoms with Crippen LogP contribution >= 0.6 is 0 Å². The fourth-order valence-corrected chi connectivity index (χ4v) is 4.08. The first-order chi connectivity index (χ1) is 16.9. The van der Waals surface area contributed by atoms with E-state index in [1.165, 1.54) is 33.3 Å². The molecule has 0 saturated carbocycles. The maximum Gasteiger partial charge on any atom is 0.300 e. The summed E-state index contributed by atoms with van der Waals surface area (Å²) in [4.78, 5) is 28.0. The Bertz CT molecular complexity index is 1280. The number of hydrogen-bond donors (Lipinski definition) is 1. The van der Waals surface area contributed by atoms with Gasteiger partial charge in [-0.15, -0.1) is 0 Å². The molecule has 1 atom stereocenters. The molecule has 0 spiro atoms. The number of carbonyl (C=O) groups excluding carboxylic acids is 2. The van der Waals surface area contributed by atoms with Gasteiger partial charge in [0.05, 0.1) is 40.1 Å². The van der Waals surface area contributed by atoms with E-state index >= 15 is 0 Å². The van der Waals surface area contributed by atoms with Crippen molar-refractivity contribution in [3.63, 3.8) is 0 Å². The van der Waals surface area contributed by atoms with Gasteiger partial charge in [0.25, 0.3) is 11.7 Å². The second kappa shape index (κ2) is 9.80. The molecule has 1 aliphatic heterocycles. The zero-order valence-electron chi connectivity index (χ0n) is 19.8. The van der Waals surface area contributed by atoms with Crippen LogP contribution in [0.5, 0.6) is 23.0 Å². The summed E-state index contributed by atoms with van der Waals surface area (Å²) in [5.41, 5.74) is 1.29. The molecule has 1 unspecified atom stereocenters. The van der Waals surface area contributed by atoms with Crippen molar-refractivity contribution in [2.75, 3.05) is 33.3 Å².